The molecule has 0 aliphatic heterocycles. The van der Waals surface area contributed by atoms with Gasteiger partial charge in [-0.3, -0.25) is 4.79 Å². The molecular formula is C26H29NO2. The quantitative estimate of drug-likeness (QED) is 0.558. The Hall–Kier alpha value is -3.07. The molecule has 0 heterocycles. The third-order valence-corrected chi connectivity index (χ3v) is 4.88. The molecule has 0 saturated heterocycles. The Bertz CT molecular complexity index is 875. The summed E-state index contributed by atoms with van der Waals surface area (Å²) in [6.45, 7) is 7.38. The van der Waals surface area contributed by atoms with Crippen molar-refractivity contribution in [2.24, 2.45) is 0 Å². The van der Waals surface area contributed by atoms with E-state index in [9.17, 15) is 4.79 Å². The summed E-state index contributed by atoms with van der Waals surface area (Å²) in [4.78, 5) is 13.0. The zero-order valence-corrected chi connectivity index (χ0v) is 17.4. The zero-order chi connectivity index (χ0) is 20.7. The van der Waals surface area contributed by atoms with Gasteiger partial charge >= 0.3 is 0 Å². The fourth-order valence-corrected chi connectivity index (χ4v) is 3.44. The molecule has 3 rings (SSSR count). The minimum absolute atomic E-state index is 0.00551. The Morgan fingerprint density at radius 3 is 1.90 bits per heavy atom. The average molecular weight is 388 g/mol. The number of rotatable bonds is 7. The summed E-state index contributed by atoms with van der Waals surface area (Å²) in [6.07, 6.45) is 0. The van der Waals surface area contributed by atoms with Crippen molar-refractivity contribution in [1.29, 1.82) is 0 Å². The monoisotopic (exact) mass is 387 g/mol. The van der Waals surface area contributed by atoms with Gasteiger partial charge in [-0.05, 0) is 28.2 Å². The van der Waals surface area contributed by atoms with Crippen LogP contribution in [-0.4, -0.2) is 19.1 Å². The third-order valence-electron chi connectivity index (χ3n) is 4.88. The van der Waals surface area contributed by atoms with Crippen molar-refractivity contribution < 1.29 is 9.53 Å². The van der Waals surface area contributed by atoms with Gasteiger partial charge in [-0.1, -0.05) is 99.6 Å². The first-order chi connectivity index (χ1) is 14.0. The van der Waals surface area contributed by atoms with E-state index in [1.165, 1.54) is 0 Å². The Labute approximate surface area is 173 Å². The van der Waals surface area contributed by atoms with Gasteiger partial charge in [-0.2, -0.15) is 0 Å². The Morgan fingerprint density at radius 1 is 0.828 bits per heavy atom. The second-order valence-electron chi connectivity index (χ2n) is 8.14. The van der Waals surface area contributed by atoms with Gasteiger partial charge in [0.1, 0.15) is 12.4 Å². The second-order valence-corrected chi connectivity index (χ2v) is 8.14. The summed E-state index contributed by atoms with van der Waals surface area (Å²) < 4.78 is 5.99. The largest absolute Gasteiger partial charge is 0.491 e. The van der Waals surface area contributed by atoms with E-state index in [4.69, 9.17) is 4.74 Å². The van der Waals surface area contributed by atoms with Gasteiger partial charge in [0.25, 0.3) is 0 Å². The topological polar surface area (TPSA) is 38.3 Å². The van der Waals surface area contributed by atoms with Gasteiger partial charge in [0.05, 0.1) is 12.5 Å². The van der Waals surface area contributed by atoms with E-state index in [0.29, 0.717) is 13.2 Å². The summed E-state index contributed by atoms with van der Waals surface area (Å²) in [7, 11) is 0. The minimum atomic E-state index is -0.334. The van der Waals surface area contributed by atoms with Crippen LogP contribution in [0.25, 0.3) is 0 Å². The normalized spacial score (nSPS) is 11.3. The van der Waals surface area contributed by atoms with Crippen LogP contribution in [0.5, 0.6) is 5.75 Å². The summed E-state index contributed by atoms with van der Waals surface area (Å²) in [5.74, 6) is 0.520. The number of hydrogen-bond donors (Lipinski definition) is 1. The van der Waals surface area contributed by atoms with Crippen LogP contribution in [0.1, 0.15) is 43.4 Å². The number of amides is 1. The van der Waals surface area contributed by atoms with Gasteiger partial charge < -0.3 is 10.1 Å². The van der Waals surface area contributed by atoms with E-state index in [-0.39, 0.29) is 17.2 Å². The molecule has 29 heavy (non-hydrogen) atoms. The molecule has 1 N–H and O–H groups in total. The third kappa shape index (κ3) is 5.47. The lowest BCUT2D eigenvalue weighted by atomic mass is 9.86. The molecule has 0 aliphatic carbocycles. The summed E-state index contributed by atoms with van der Waals surface area (Å²) >= 11 is 0. The predicted octanol–water partition coefficient (Wildman–Crippen LogP) is 5.31. The van der Waals surface area contributed by atoms with Crippen molar-refractivity contribution in [3.8, 4) is 5.75 Å². The number of ether oxygens (including phenoxy) is 1. The Morgan fingerprint density at radius 2 is 1.34 bits per heavy atom. The predicted molar refractivity (Wildman–Crippen MR) is 118 cm³/mol. The molecule has 0 radical (unpaired) electrons. The maximum Gasteiger partial charge on any atom is 0.232 e. The van der Waals surface area contributed by atoms with E-state index in [0.717, 1.165) is 22.4 Å². The molecule has 3 nitrogen and oxygen atoms in total. The molecule has 0 unspecified atom stereocenters. The number of carbonyl (C=O) groups excluding carboxylic acids is 1. The van der Waals surface area contributed by atoms with Crippen LogP contribution in [-0.2, 0) is 10.2 Å². The standard InChI is InChI=1S/C26H29NO2/c1-26(2,3)22-16-10-11-17-23(22)29-19-18-27-25(28)24(20-12-6-4-7-13-20)21-14-8-5-9-15-21/h4-17,24H,18-19H2,1-3H3,(H,27,28). The molecule has 0 aromatic heterocycles. The first-order valence-corrected chi connectivity index (χ1v) is 10.1. The van der Waals surface area contributed by atoms with E-state index < -0.39 is 0 Å². The van der Waals surface area contributed by atoms with Gasteiger partial charge in [-0.25, -0.2) is 0 Å². The van der Waals surface area contributed by atoms with Crippen LogP contribution in [0.15, 0.2) is 84.9 Å². The molecule has 0 spiro atoms. The SMILES string of the molecule is CC(C)(C)c1ccccc1OCCNC(=O)C(c1ccccc1)c1ccccc1. The lowest BCUT2D eigenvalue weighted by molar-refractivity contribution is -0.121. The molecule has 0 saturated carbocycles. The van der Waals surface area contributed by atoms with Crippen LogP contribution in [0.4, 0.5) is 0 Å². The number of benzene rings is 3. The van der Waals surface area contributed by atoms with E-state index in [1.807, 2.05) is 78.9 Å². The van der Waals surface area contributed by atoms with E-state index in [1.54, 1.807) is 0 Å². The minimum Gasteiger partial charge on any atom is -0.491 e. The molecule has 150 valence electrons. The average Bonchev–Trinajstić information content (AvgIpc) is 2.73. The zero-order valence-electron chi connectivity index (χ0n) is 17.4. The van der Waals surface area contributed by atoms with Crippen molar-refractivity contribution in [3.63, 3.8) is 0 Å². The van der Waals surface area contributed by atoms with Crippen LogP contribution in [0, 0.1) is 0 Å². The van der Waals surface area contributed by atoms with Crippen LogP contribution in [0.2, 0.25) is 0 Å². The van der Waals surface area contributed by atoms with Crippen molar-refractivity contribution in [2.75, 3.05) is 13.2 Å². The van der Waals surface area contributed by atoms with E-state index in [2.05, 4.69) is 32.2 Å². The number of para-hydroxylation sites is 1. The Balaban J connectivity index is 1.65. The van der Waals surface area contributed by atoms with Crippen molar-refractivity contribution >= 4 is 5.91 Å². The van der Waals surface area contributed by atoms with Gasteiger partial charge in [-0.15, -0.1) is 0 Å². The molecule has 3 aromatic rings. The highest BCUT2D eigenvalue weighted by Gasteiger charge is 2.22. The van der Waals surface area contributed by atoms with Gasteiger partial charge in [0, 0.05) is 0 Å². The second kappa shape index (κ2) is 9.42. The Kier molecular flexibility index (Phi) is 6.71. The van der Waals surface area contributed by atoms with Crippen LogP contribution in [0.3, 0.4) is 0 Å². The molecule has 0 aliphatic rings. The maximum atomic E-state index is 13.0. The summed E-state index contributed by atoms with van der Waals surface area (Å²) in [5, 5.41) is 3.04. The van der Waals surface area contributed by atoms with Gasteiger partial charge in [0.15, 0.2) is 0 Å². The molecular weight excluding hydrogens is 358 g/mol. The highest BCUT2D eigenvalue weighted by atomic mass is 16.5. The number of hydrogen-bond acceptors (Lipinski definition) is 2. The lowest BCUT2D eigenvalue weighted by Crippen LogP contribution is -2.33. The van der Waals surface area contributed by atoms with Crippen LogP contribution >= 0.6 is 0 Å². The van der Waals surface area contributed by atoms with Crippen molar-refractivity contribution in [1.82, 2.24) is 5.32 Å². The van der Waals surface area contributed by atoms with Crippen LogP contribution < -0.4 is 10.1 Å². The maximum absolute atomic E-state index is 13.0. The molecule has 3 heteroatoms. The fourth-order valence-electron chi connectivity index (χ4n) is 3.44. The lowest BCUT2D eigenvalue weighted by Gasteiger charge is -2.23. The molecule has 0 fully saturated rings. The van der Waals surface area contributed by atoms with E-state index >= 15 is 0 Å². The van der Waals surface area contributed by atoms with Crippen molar-refractivity contribution in [2.45, 2.75) is 32.1 Å². The van der Waals surface area contributed by atoms with Crippen molar-refractivity contribution in [3.05, 3.63) is 102 Å². The highest BCUT2D eigenvalue weighted by Crippen LogP contribution is 2.31. The summed E-state index contributed by atoms with van der Waals surface area (Å²) in [6, 6.07) is 27.8. The highest BCUT2D eigenvalue weighted by molar-refractivity contribution is 5.87. The first-order valence-electron chi connectivity index (χ1n) is 10.1. The molecule has 0 atom stereocenters. The molecule has 1 amide bonds. The summed E-state index contributed by atoms with van der Waals surface area (Å²) in [5.41, 5.74) is 3.13. The number of carbonyl (C=O) groups is 1. The fraction of sp³-hybridized carbons (Fsp3) is 0.269. The smallest absolute Gasteiger partial charge is 0.232 e. The number of nitrogens with one attached hydrogen (secondary N) is 1. The molecule has 0 bridgehead atoms. The molecule has 3 aromatic carbocycles. The first kappa shape index (κ1) is 20.7. The van der Waals surface area contributed by atoms with Gasteiger partial charge in [0.2, 0.25) is 5.91 Å².